The number of amides is 1. The standard InChI is InChI=1S/C13H10N4O/c14-7-9-1-6-12(16-8-9)17-11-4-2-10(3-5-11)13(15)18/h1-6,8H,(H2,15,18)(H,16,17). The number of nitrogens with zero attached hydrogens (tertiary/aromatic N) is 2. The molecule has 1 heterocycles. The second-order valence-corrected chi connectivity index (χ2v) is 3.61. The van der Waals surface area contributed by atoms with Gasteiger partial charge in [0.25, 0.3) is 0 Å². The van der Waals surface area contributed by atoms with Gasteiger partial charge < -0.3 is 11.1 Å². The van der Waals surface area contributed by atoms with Crippen LogP contribution in [0.5, 0.6) is 0 Å². The molecule has 1 amide bonds. The van der Waals surface area contributed by atoms with Gasteiger partial charge in [-0.15, -0.1) is 0 Å². The molecule has 0 atom stereocenters. The van der Waals surface area contributed by atoms with E-state index in [4.69, 9.17) is 11.0 Å². The van der Waals surface area contributed by atoms with Crippen LogP contribution >= 0.6 is 0 Å². The van der Waals surface area contributed by atoms with Gasteiger partial charge in [0, 0.05) is 17.4 Å². The van der Waals surface area contributed by atoms with Crippen LogP contribution in [0.25, 0.3) is 0 Å². The van der Waals surface area contributed by atoms with Crippen molar-refractivity contribution in [2.75, 3.05) is 5.32 Å². The van der Waals surface area contributed by atoms with Crippen LogP contribution in [0.1, 0.15) is 15.9 Å². The zero-order valence-corrected chi connectivity index (χ0v) is 9.42. The molecule has 0 radical (unpaired) electrons. The summed E-state index contributed by atoms with van der Waals surface area (Å²) in [7, 11) is 0. The van der Waals surface area contributed by atoms with E-state index in [1.165, 1.54) is 6.20 Å². The Hall–Kier alpha value is -2.87. The molecule has 0 aliphatic heterocycles. The molecule has 0 bridgehead atoms. The Kier molecular flexibility index (Phi) is 3.21. The van der Waals surface area contributed by atoms with E-state index in [9.17, 15) is 4.79 Å². The normalized spacial score (nSPS) is 9.50. The molecule has 0 saturated carbocycles. The Labute approximate surface area is 104 Å². The lowest BCUT2D eigenvalue weighted by atomic mass is 10.2. The number of hydrogen-bond donors (Lipinski definition) is 2. The van der Waals surface area contributed by atoms with Gasteiger partial charge in [-0.1, -0.05) is 0 Å². The summed E-state index contributed by atoms with van der Waals surface area (Å²) >= 11 is 0. The predicted octanol–water partition coefficient (Wildman–Crippen LogP) is 1.80. The van der Waals surface area contributed by atoms with E-state index in [1.54, 1.807) is 36.4 Å². The van der Waals surface area contributed by atoms with Gasteiger partial charge in [0.2, 0.25) is 5.91 Å². The molecule has 5 nitrogen and oxygen atoms in total. The predicted molar refractivity (Wildman–Crippen MR) is 67.2 cm³/mol. The van der Waals surface area contributed by atoms with Crippen molar-refractivity contribution in [3.63, 3.8) is 0 Å². The summed E-state index contributed by atoms with van der Waals surface area (Å²) in [4.78, 5) is 15.0. The molecule has 2 aromatic rings. The number of pyridine rings is 1. The highest BCUT2D eigenvalue weighted by molar-refractivity contribution is 5.93. The zero-order chi connectivity index (χ0) is 13.0. The van der Waals surface area contributed by atoms with Crippen molar-refractivity contribution in [2.24, 2.45) is 5.73 Å². The van der Waals surface area contributed by atoms with Gasteiger partial charge in [-0.25, -0.2) is 4.98 Å². The van der Waals surface area contributed by atoms with Crippen LogP contribution in [0.4, 0.5) is 11.5 Å². The molecular weight excluding hydrogens is 228 g/mol. The van der Waals surface area contributed by atoms with Gasteiger partial charge >= 0.3 is 0 Å². The maximum Gasteiger partial charge on any atom is 0.248 e. The van der Waals surface area contributed by atoms with Crippen molar-refractivity contribution in [1.29, 1.82) is 5.26 Å². The number of anilines is 2. The largest absolute Gasteiger partial charge is 0.366 e. The number of nitrogens with two attached hydrogens (primary N) is 1. The summed E-state index contributed by atoms with van der Waals surface area (Å²) in [5.41, 5.74) is 6.89. The summed E-state index contributed by atoms with van der Waals surface area (Å²) in [6.07, 6.45) is 1.49. The summed E-state index contributed by atoms with van der Waals surface area (Å²) in [5.74, 6) is 0.166. The molecule has 88 valence electrons. The first kappa shape index (κ1) is 11.6. The number of aromatic nitrogens is 1. The van der Waals surface area contributed by atoms with Crippen molar-refractivity contribution in [2.45, 2.75) is 0 Å². The minimum atomic E-state index is -0.460. The molecule has 1 aromatic heterocycles. The highest BCUT2D eigenvalue weighted by atomic mass is 16.1. The molecule has 0 fully saturated rings. The van der Waals surface area contributed by atoms with Crippen LogP contribution in [0.2, 0.25) is 0 Å². The number of benzene rings is 1. The first-order chi connectivity index (χ1) is 8.69. The third-order valence-electron chi connectivity index (χ3n) is 2.33. The quantitative estimate of drug-likeness (QED) is 0.852. The van der Waals surface area contributed by atoms with Crippen LogP contribution in [0, 0.1) is 11.3 Å². The zero-order valence-electron chi connectivity index (χ0n) is 9.42. The number of primary amides is 1. The number of carbonyl (C=O) groups excluding carboxylic acids is 1. The van der Waals surface area contributed by atoms with Gasteiger partial charge in [-0.05, 0) is 36.4 Å². The van der Waals surface area contributed by atoms with E-state index in [-0.39, 0.29) is 0 Å². The number of hydrogen-bond acceptors (Lipinski definition) is 4. The molecule has 2 rings (SSSR count). The van der Waals surface area contributed by atoms with E-state index in [1.807, 2.05) is 6.07 Å². The van der Waals surface area contributed by atoms with E-state index in [0.717, 1.165) is 5.69 Å². The van der Waals surface area contributed by atoms with E-state index in [0.29, 0.717) is 16.9 Å². The smallest absolute Gasteiger partial charge is 0.248 e. The molecule has 0 unspecified atom stereocenters. The first-order valence-electron chi connectivity index (χ1n) is 5.22. The fourth-order valence-electron chi connectivity index (χ4n) is 1.40. The molecule has 0 saturated heterocycles. The van der Waals surface area contributed by atoms with Crippen LogP contribution in [0.3, 0.4) is 0 Å². The Bertz CT molecular complexity index is 596. The van der Waals surface area contributed by atoms with Gasteiger partial charge in [-0.2, -0.15) is 5.26 Å². The Morgan fingerprint density at radius 1 is 1.22 bits per heavy atom. The fraction of sp³-hybridized carbons (Fsp3) is 0. The van der Waals surface area contributed by atoms with Crippen molar-refractivity contribution in [3.05, 3.63) is 53.7 Å². The minimum Gasteiger partial charge on any atom is -0.366 e. The summed E-state index contributed by atoms with van der Waals surface area (Å²) < 4.78 is 0. The fourth-order valence-corrected chi connectivity index (χ4v) is 1.40. The van der Waals surface area contributed by atoms with Crippen LogP contribution < -0.4 is 11.1 Å². The molecule has 5 heteroatoms. The maximum atomic E-state index is 10.9. The summed E-state index contributed by atoms with van der Waals surface area (Å²) in [5, 5.41) is 11.7. The second-order valence-electron chi connectivity index (χ2n) is 3.61. The van der Waals surface area contributed by atoms with Crippen molar-refractivity contribution >= 4 is 17.4 Å². The lowest BCUT2D eigenvalue weighted by Crippen LogP contribution is -2.10. The second kappa shape index (κ2) is 4.97. The van der Waals surface area contributed by atoms with Gasteiger partial charge in [0.05, 0.1) is 5.56 Å². The van der Waals surface area contributed by atoms with Gasteiger partial charge in [0.15, 0.2) is 0 Å². The van der Waals surface area contributed by atoms with Crippen LogP contribution in [-0.4, -0.2) is 10.9 Å². The van der Waals surface area contributed by atoms with Gasteiger partial charge in [-0.3, -0.25) is 4.79 Å². The summed E-state index contributed by atoms with van der Waals surface area (Å²) in [6, 6.07) is 12.1. The Balaban J connectivity index is 2.13. The van der Waals surface area contributed by atoms with Crippen LogP contribution in [-0.2, 0) is 0 Å². The van der Waals surface area contributed by atoms with Crippen molar-refractivity contribution in [3.8, 4) is 6.07 Å². The molecule has 0 aliphatic rings. The lowest BCUT2D eigenvalue weighted by molar-refractivity contribution is 0.100. The number of rotatable bonds is 3. The third kappa shape index (κ3) is 2.62. The van der Waals surface area contributed by atoms with Crippen molar-refractivity contribution < 1.29 is 4.79 Å². The molecule has 18 heavy (non-hydrogen) atoms. The SMILES string of the molecule is N#Cc1ccc(Nc2ccc(C(N)=O)cc2)nc1. The van der Waals surface area contributed by atoms with E-state index in [2.05, 4.69) is 10.3 Å². The summed E-state index contributed by atoms with van der Waals surface area (Å²) in [6.45, 7) is 0. The molecular formula is C13H10N4O. The number of nitriles is 1. The van der Waals surface area contributed by atoms with Crippen LogP contribution in [0.15, 0.2) is 42.6 Å². The van der Waals surface area contributed by atoms with Crippen molar-refractivity contribution in [1.82, 2.24) is 4.98 Å². The minimum absolute atomic E-state index is 0.452. The Morgan fingerprint density at radius 3 is 2.44 bits per heavy atom. The highest BCUT2D eigenvalue weighted by Gasteiger charge is 2.00. The molecule has 0 aliphatic carbocycles. The van der Waals surface area contributed by atoms with E-state index < -0.39 is 5.91 Å². The third-order valence-corrected chi connectivity index (χ3v) is 2.33. The number of carbonyl (C=O) groups is 1. The average Bonchev–Trinajstić information content (AvgIpc) is 2.40. The monoisotopic (exact) mass is 238 g/mol. The highest BCUT2D eigenvalue weighted by Crippen LogP contribution is 2.15. The molecule has 0 spiro atoms. The maximum absolute atomic E-state index is 10.9. The first-order valence-corrected chi connectivity index (χ1v) is 5.22. The topological polar surface area (TPSA) is 91.8 Å². The Morgan fingerprint density at radius 2 is 1.94 bits per heavy atom. The lowest BCUT2D eigenvalue weighted by Gasteiger charge is -2.05. The number of nitrogens with one attached hydrogen (secondary N) is 1. The van der Waals surface area contributed by atoms with E-state index >= 15 is 0 Å². The average molecular weight is 238 g/mol. The molecule has 3 N–H and O–H groups in total. The van der Waals surface area contributed by atoms with Gasteiger partial charge in [0.1, 0.15) is 11.9 Å². The molecule has 1 aromatic carbocycles.